The van der Waals surface area contributed by atoms with Crippen molar-refractivity contribution in [3.05, 3.63) is 35.4 Å². The topological polar surface area (TPSA) is 75.7 Å². The molecule has 2 unspecified atom stereocenters. The van der Waals surface area contributed by atoms with E-state index in [1.54, 1.807) is 13.8 Å². The summed E-state index contributed by atoms with van der Waals surface area (Å²) in [5, 5.41) is 2.73. The Kier molecular flexibility index (Phi) is 4.93. The SMILES string of the molecule is CCC(C(=O)OC)N1C(=O)NC(C)(c2ccc(C(C)(C)C)cc2)C1=O. The first-order valence-corrected chi connectivity index (χ1v) is 8.41. The molecule has 1 saturated heterocycles. The number of imide groups is 1. The van der Waals surface area contributed by atoms with Crippen molar-refractivity contribution in [1.29, 1.82) is 0 Å². The maximum atomic E-state index is 13.0. The predicted octanol–water partition coefficient (Wildman–Crippen LogP) is 2.70. The molecule has 1 aromatic rings. The van der Waals surface area contributed by atoms with E-state index in [1.165, 1.54) is 7.11 Å². The average Bonchev–Trinajstić information content (AvgIpc) is 2.79. The van der Waals surface area contributed by atoms with Gasteiger partial charge < -0.3 is 10.1 Å². The summed E-state index contributed by atoms with van der Waals surface area (Å²) >= 11 is 0. The van der Waals surface area contributed by atoms with Gasteiger partial charge in [0.2, 0.25) is 0 Å². The summed E-state index contributed by atoms with van der Waals surface area (Å²) in [5.74, 6) is -1.04. The van der Waals surface area contributed by atoms with Crippen LogP contribution in [0.25, 0.3) is 0 Å². The molecule has 1 aliphatic rings. The number of amides is 3. The van der Waals surface area contributed by atoms with Crippen LogP contribution in [0, 0.1) is 0 Å². The van der Waals surface area contributed by atoms with Crippen molar-refractivity contribution in [2.24, 2.45) is 0 Å². The van der Waals surface area contributed by atoms with Crippen LogP contribution in [0.4, 0.5) is 4.79 Å². The summed E-state index contributed by atoms with van der Waals surface area (Å²) in [6.45, 7) is 9.71. The zero-order valence-electron chi connectivity index (χ0n) is 15.7. The van der Waals surface area contributed by atoms with Gasteiger partial charge in [0, 0.05) is 0 Å². The Hall–Kier alpha value is -2.37. The number of benzene rings is 1. The molecule has 0 radical (unpaired) electrons. The Labute approximate surface area is 148 Å². The Balaban J connectivity index is 2.38. The quantitative estimate of drug-likeness (QED) is 0.672. The molecule has 1 aliphatic heterocycles. The van der Waals surface area contributed by atoms with Gasteiger partial charge in [0.1, 0.15) is 11.6 Å². The third-order valence-corrected chi connectivity index (χ3v) is 4.72. The maximum absolute atomic E-state index is 13.0. The van der Waals surface area contributed by atoms with Gasteiger partial charge in [-0.3, -0.25) is 4.79 Å². The van der Waals surface area contributed by atoms with Crippen LogP contribution in [-0.2, 0) is 25.3 Å². The van der Waals surface area contributed by atoms with Crippen LogP contribution in [0.15, 0.2) is 24.3 Å². The van der Waals surface area contributed by atoms with Gasteiger partial charge in [-0.15, -0.1) is 0 Å². The number of nitrogens with zero attached hydrogens (tertiary/aromatic N) is 1. The molecule has 0 saturated carbocycles. The van der Waals surface area contributed by atoms with Gasteiger partial charge in [-0.25, -0.2) is 14.5 Å². The van der Waals surface area contributed by atoms with Crippen LogP contribution in [-0.4, -0.2) is 36.0 Å². The fraction of sp³-hybridized carbons (Fsp3) is 0.526. The smallest absolute Gasteiger partial charge is 0.329 e. The second kappa shape index (κ2) is 6.50. The minimum absolute atomic E-state index is 0.00735. The van der Waals surface area contributed by atoms with Gasteiger partial charge in [0.15, 0.2) is 0 Å². The van der Waals surface area contributed by atoms with Gasteiger partial charge in [-0.2, -0.15) is 0 Å². The number of nitrogens with one attached hydrogen (secondary N) is 1. The Morgan fingerprint density at radius 1 is 1.24 bits per heavy atom. The van der Waals surface area contributed by atoms with Crippen molar-refractivity contribution in [3.8, 4) is 0 Å². The third kappa shape index (κ3) is 3.25. The van der Waals surface area contributed by atoms with Crippen molar-refractivity contribution in [2.45, 2.75) is 58.0 Å². The Bertz CT molecular complexity index is 690. The summed E-state index contributed by atoms with van der Waals surface area (Å²) in [5.41, 5.74) is 0.609. The monoisotopic (exact) mass is 346 g/mol. The van der Waals surface area contributed by atoms with E-state index in [0.29, 0.717) is 12.0 Å². The van der Waals surface area contributed by atoms with E-state index in [1.807, 2.05) is 24.3 Å². The van der Waals surface area contributed by atoms with Gasteiger partial charge in [-0.05, 0) is 29.9 Å². The number of carbonyl (C=O) groups is 3. The van der Waals surface area contributed by atoms with Gasteiger partial charge in [0.05, 0.1) is 7.11 Å². The van der Waals surface area contributed by atoms with E-state index >= 15 is 0 Å². The second-order valence-electron chi connectivity index (χ2n) is 7.50. The lowest BCUT2D eigenvalue weighted by Gasteiger charge is -2.26. The number of carbonyl (C=O) groups excluding carboxylic acids is 3. The van der Waals surface area contributed by atoms with Gasteiger partial charge in [0.25, 0.3) is 5.91 Å². The van der Waals surface area contributed by atoms with Crippen LogP contribution >= 0.6 is 0 Å². The molecule has 2 atom stereocenters. The Morgan fingerprint density at radius 2 is 1.80 bits per heavy atom. The first kappa shape index (κ1) is 19.0. The lowest BCUT2D eigenvalue weighted by atomic mass is 9.84. The highest BCUT2D eigenvalue weighted by atomic mass is 16.5. The molecule has 0 aliphatic carbocycles. The molecule has 1 fully saturated rings. The minimum atomic E-state index is -1.20. The highest BCUT2D eigenvalue weighted by Crippen LogP contribution is 2.32. The summed E-state index contributed by atoms with van der Waals surface area (Å²) in [6.07, 6.45) is 0.297. The molecule has 3 amide bonds. The van der Waals surface area contributed by atoms with E-state index in [2.05, 4.69) is 26.1 Å². The number of ether oxygens (including phenoxy) is 1. The van der Waals surface area contributed by atoms with Crippen molar-refractivity contribution in [2.75, 3.05) is 7.11 Å². The second-order valence-corrected chi connectivity index (χ2v) is 7.50. The molecule has 0 bridgehead atoms. The van der Waals surface area contributed by atoms with Crippen molar-refractivity contribution < 1.29 is 19.1 Å². The van der Waals surface area contributed by atoms with Crippen molar-refractivity contribution in [3.63, 3.8) is 0 Å². The molecule has 136 valence electrons. The van der Waals surface area contributed by atoms with Gasteiger partial charge >= 0.3 is 12.0 Å². The summed E-state index contributed by atoms with van der Waals surface area (Å²) < 4.78 is 4.73. The molecule has 0 aromatic heterocycles. The number of hydrogen-bond acceptors (Lipinski definition) is 4. The van der Waals surface area contributed by atoms with Crippen molar-refractivity contribution in [1.82, 2.24) is 10.2 Å². The van der Waals surface area contributed by atoms with Crippen molar-refractivity contribution >= 4 is 17.9 Å². The average molecular weight is 346 g/mol. The van der Waals surface area contributed by atoms with E-state index in [-0.39, 0.29) is 5.41 Å². The summed E-state index contributed by atoms with van der Waals surface area (Å²) in [6, 6.07) is 6.11. The highest BCUT2D eigenvalue weighted by molar-refractivity contribution is 6.09. The lowest BCUT2D eigenvalue weighted by Crippen LogP contribution is -2.47. The summed E-state index contributed by atoms with van der Waals surface area (Å²) in [4.78, 5) is 38.3. The van der Waals surface area contributed by atoms with E-state index < -0.39 is 29.5 Å². The number of esters is 1. The van der Waals surface area contributed by atoms with E-state index in [0.717, 1.165) is 10.5 Å². The largest absolute Gasteiger partial charge is 0.467 e. The number of rotatable bonds is 4. The lowest BCUT2D eigenvalue weighted by molar-refractivity contribution is -0.150. The molecule has 1 N–H and O–H groups in total. The molecule has 2 rings (SSSR count). The fourth-order valence-corrected chi connectivity index (χ4v) is 3.03. The normalized spacial score (nSPS) is 21.9. The predicted molar refractivity (Wildman–Crippen MR) is 94.0 cm³/mol. The fourth-order valence-electron chi connectivity index (χ4n) is 3.03. The van der Waals surface area contributed by atoms with Crippen LogP contribution in [0.5, 0.6) is 0 Å². The minimum Gasteiger partial charge on any atom is -0.467 e. The standard InChI is InChI=1S/C19H26N2O4/c1-7-14(15(22)25-6)21-16(23)19(5,20-17(21)24)13-10-8-12(9-11-13)18(2,3)4/h8-11,14H,7H2,1-6H3,(H,20,24). The molecule has 1 heterocycles. The first-order chi connectivity index (χ1) is 11.6. The zero-order chi connectivity index (χ0) is 19.0. The number of urea groups is 1. The molecular formula is C19H26N2O4. The molecule has 25 heavy (non-hydrogen) atoms. The molecule has 0 spiro atoms. The van der Waals surface area contributed by atoms with Crippen LogP contribution in [0.3, 0.4) is 0 Å². The maximum Gasteiger partial charge on any atom is 0.329 e. The first-order valence-electron chi connectivity index (χ1n) is 8.41. The summed E-state index contributed by atoms with van der Waals surface area (Å²) in [7, 11) is 1.24. The molecule has 6 heteroatoms. The van der Waals surface area contributed by atoms with Gasteiger partial charge in [-0.1, -0.05) is 52.0 Å². The Morgan fingerprint density at radius 3 is 2.24 bits per heavy atom. The number of hydrogen-bond donors (Lipinski definition) is 1. The molecule has 1 aromatic carbocycles. The van der Waals surface area contributed by atoms with E-state index in [4.69, 9.17) is 4.74 Å². The molecular weight excluding hydrogens is 320 g/mol. The third-order valence-electron chi connectivity index (χ3n) is 4.72. The molecule has 6 nitrogen and oxygen atoms in total. The number of methoxy groups -OCH3 is 1. The van der Waals surface area contributed by atoms with Crippen LogP contribution in [0.2, 0.25) is 0 Å². The van der Waals surface area contributed by atoms with Crippen LogP contribution in [0.1, 0.15) is 52.2 Å². The van der Waals surface area contributed by atoms with E-state index in [9.17, 15) is 14.4 Å². The van der Waals surface area contributed by atoms with Crippen LogP contribution < -0.4 is 5.32 Å². The zero-order valence-corrected chi connectivity index (χ0v) is 15.7. The highest BCUT2D eigenvalue weighted by Gasteiger charge is 2.52.